The average molecular weight is 451 g/mol. The Bertz CT molecular complexity index is 1210. The molecule has 1 aliphatic heterocycles. The zero-order valence-electron chi connectivity index (χ0n) is 19.4. The molecule has 0 unspecified atom stereocenters. The van der Waals surface area contributed by atoms with Crippen molar-refractivity contribution in [2.75, 3.05) is 13.1 Å². The third-order valence-electron chi connectivity index (χ3n) is 6.42. The monoisotopic (exact) mass is 450 g/mol. The van der Waals surface area contributed by atoms with Gasteiger partial charge in [-0.3, -0.25) is 14.4 Å². The van der Waals surface area contributed by atoms with Crippen LogP contribution in [-0.4, -0.2) is 33.7 Å². The third-order valence-corrected chi connectivity index (χ3v) is 6.42. The van der Waals surface area contributed by atoms with Crippen LogP contribution >= 0.6 is 0 Å². The van der Waals surface area contributed by atoms with E-state index in [-0.39, 0.29) is 5.91 Å². The number of nitrogens with zero attached hydrogens (tertiary/aromatic N) is 3. The minimum atomic E-state index is -0.0580. The van der Waals surface area contributed by atoms with Gasteiger partial charge in [0.1, 0.15) is 0 Å². The van der Waals surface area contributed by atoms with Crippen LogP contribution in [0.3, 0.4) is 0 Å². The van der Waals surface area contributed by atoms with E-state index < -0.39 is 0 Å². The number of hydrogen-bond donors (Lipinski definition) is 1. The maximum absolute atomic E-state index is 13.1. The maximum Gasteiger partial charge on any atom is 0.252 e. The summed E-state index contributed by atoms with van der Waals surface area (Å²) in [5, 5.41) is 7.36. The number of carbonyl (C=O) groups excluding carboxylic acids is 1. The summed E-state index contributed by atoms with van der Waals surface area (Å²) in [4.78, 5) is 15.6. The van der Waals surface area contributed by atoms with Crippen molar-refractivity contribution in [2.24, 2.45) is 0 Å². The van der Waals surface area contributed by atoms with Crippen molar-refractivity contribution in [1.82, 2.24) is 20.0 Å². The van der Waals surface area contributed by atoms with Gasteiger partial charge < -0.3 is 5.32 Å². The number of amides is 1. The Hall–Kier alpha value is -3.70. The molecule has 0 atom stereocenters. The lowest BCUT2D eigenvalue weighted by atomic mass is 9.98. The van der Waals surface area contributed by atoms with E-state index >= 15 is 0 Å². The SMILES string of the molecule is O=C(NCc1ccc(CN2CCCC2)cc1)c1ccccc1-c1ccc(Cn2cccn2)cc1. The van der Waals surface area contributed by atoms with Crippen molar-refractivity contribution in [3.05, 3.63) is 114 Å². The first-order valence-corrected chi connectivity index (χ1v) is 12.0. The predicted molar refractivity (Wildman–Crippen MR) is 135 cm³/mol. The summed E-state index contributed by atoms with van der Waals surface area (Å²) in [6.45, 7) is 4.65. The van der Waals surface area contributed by atoms with E-state index in [1.54, 1.807) is 6.20 Å². The van der Waals surface area contributed by atoms with Gasteiger partial charge in [-0.25, -0.2) is 0 Å². The van der Waals surface area contributed by atoms with Crippen molar-refractivity contribution in [2.45, 2.75) is 32.5 Å². The van der Waals surface area contributed by atoms with Crippen LogP contribution in [0.25, 0.3) is 11.1 Å². The second kappa shape index (κ2) is 10.5. The molecule has 0 radical (unpaired) electrons. The van der Waals surface area contributed by atoms with E-state index in [2.05, 4.69) is 63.8 Å². The molecule has 1 amide bonds. The van der Waals surface area contributed by atoms with E-state index in [9.17, 15) is 4.79 Å². The molecule has 1 N–H and O–H groups in total. The minimum Gasteiger partial charge on any atom is -0.348 e. The number of hydrogen-bond acceptors (Lipinski definition) is 3. The first-order valence-electron chi connectivity index (χ1n) is 12.0. The number of carbonyl (C=O) groups is 1. The van der Waals surface area contributed by atoms with E-state index in [0.29, 0.717) is 12.1 Å². The molecule has 0 saturated carbocycles. The maximum atomic E-state index is 13.1. The fourth-order valence-electron chi connectivity index (χ4n) is 4.54. The van der Waals surface area contributed by atoms with Crippen LogP contribution in [0.15, 0.2) is 91.3 Å². The van der Waals surface area contributed by atoms with Crippen LogP contribution in [0.5, 0.6) is 0 Å². The third kappa shape index (κ3) is 5.43. The number of aromatic nitrogens is 2. The first kappa shape index (κ1) is 22.1. The molecule has 1 fully saturated rings. The summed E-state index contributed by atoms with van der Waals surface area (Å²) in [7, 11) is 0. The molecule has 0 aliphatic carbocycles. The van der Waals surface area contributed by atoms with Gasteiger partial charge >= 0.3 is 0 Å². The Labute approximate surface area is 201 Å². The molecule has 34 heavy (non-hydrogen) atoms. The molecule has 1 aromatic heterocycles. The molecule has 3 aromatic carbocycles. The molecule has 0 bridgehead atoms. The van der Waals surface area contributed by atoms with Crippen molar-refractivity contribution in [3.63, 3.8) is 0 Å². The Morgan fingerprint density at radius 1 is 0.794 bits per heavy atom. The average Bonchev–Trinajstić information content (AvgIpc) is 3.59. The summed E-state index contributed by atoms with van der Waals surface area (Å²) < 4.78 is 1.90. The fourth-order valence-corrected chi connectivity index (χ4v) is 4.54. The summed E-state index contributed by atoms with van der Waals surface area (Å²) in [5.74, 6) is -0.0580. The molecular weight excluding hydrogens is 420 g/mol. The van der Waals surface area contributed by atoms with Gasteiger partial charge in [0.2, 0.25) is 0 Å². The van der Waals surface area contributed by atoms with Gasteiger partial charge in [-0.15, -0.1) is 0 Å². The van der Waals surface area contributed by atoms with Crippen LogP contribution in [0, 0.1) is 0 Å². The fraction of sp³-hybridized carbons (Fsp3) is 0.241. The van der Waals surface area contributed by atoms with Crippen LogP contribution in [0.2, 0.25) is 0 Å². The van der Waals surface area contributed by atoms with Gasteiger partial charge in [0.25, 0.3) is 5.91 Å². The normalized spacial score (nSPS) is 13.8. The zero-order chi connectivity index (χ0) is 23.2. The Morgan fingerprint density at radius 3 is 2.21 bits per heavy atom. The topological polar surface area (TPSA) is 50.2 Å². The summed E-state index contributed by atoms with van der Waals surface area (Å²) >= 11 is 0. The number of benzene rings is 3. The Balaban J connectivity index is 1.22. The second-order valence-corrected chi connectivity index (χ2v) is 8.93. The Kier molecular flexibility index (Phi) is 6.82. The van der Waals surface area contributed by atoms with Crippen LogP contribution < -0.4 is 5.32 Å². The molecular formula is C29H30N4O. The molecule has 1 aliphatic rings. The molecule has 5 nitrogen and oxygen atoms in total. The summed E-state index contributed by atoms with van der Waals surface area (Å²) in [6, 6.07) is 26.6. The number of likely N-dealkylation sites (tertiary alicyclic amines) is 1. The molecule has 172 valence electrons. The second-order valence-electron chi connectivity index (χ2n) is 8.93. The molecule has 1 saturated heterocycles. The van der Waals surface area contributed by atoms with E-state index in [0.717, 1.165) is 29.8 Å². The zero-order valence-corrected chi connectivity index (χ0v) is 19.4. The largest absolute Gasteiger partial charge is 0.348 e. The summed E-state index contributed by atoms with van der Waals surface area (Å²) in [5.41, 5.74) is 6.26. The highest BCUT2D eigenvalue weighted by atomic mass is 16.1. The number of nitrogens with one attached hydrogen (secondary N) is 1. The van der Waals surface area contributed by atoms with Crippen molar-refractivity contribution >= 4 is 5.91 Å². The van der Waals surface area contributed by atoms with Gasteiger partial charge in [-0.1, -0.05) is 66.7 Å². The Morgan fingerprint density at radius 2 is 1.47 bits per heavy atom. The van der Waals surface area contributed by atoms with Crippen LogP contribution in [0.1, 0.15) is 39.9 Å². The van der Waals surface area contributed by atoms with Gasteiger partial charge in [-0.2, -0.15) is 5.10 Å². The molecule has 4 aromatic rings. The van der Waals surface area contributed by atoms with Gasteiger partial charge in [0, 0.05) is 31.0 Å². The number of rotatable bonds is 8. The first-order chi connectivity index (χ1) is 16.7. The van der Waals surface area contributed by atoms with Crippen molar-refractivity contribution in [3.8, 4) is 11.1 Å². The highest BCUT2D eigenvalue weighted by molar-refractivity contribution is 6.00. The van der Waals surface area contributed by atoms with Gasteiger partial charge in [-0.05, 0) is 65.9 Å². The lowest BCUT2D eigenvalue weighted by molar-refractivity contribution is 0.0951. The molecule has 5 heteroatoms. The lowest BCUT2D eigenvalue weighted by Gasteiger charge is -2.15. The molecule has 2 heterocycles. The quantitative estimate of drug-likeness (QED) is 0.405. The predicted octanol–water partition coefficient (Wildman–Crippen LogP) is 5.12. The van der Waals surface area contributed by atoms with Crippen molar-refractivity contribution in [1.29, 1.82) is 0 Å². The molecule has 5 rings (SSSR count). The van der Waals surface area contributed by atoms with Crippen LogP contribution in [0.4, 0.5) is 0 Å². The van der Waals surface area contributed by atoms with Gasteiger partial charge in [0.05, 0.1) is 6.54 Å². The van der Waals surface area contributed by atoms with Crippen LogP contribution in [-0.2, 0) is 19.6 Å². The van der Waals surface area contributed by atoms with E-state index in [1.165, 1.54) is 37.1 Å². The lowest BCUT2D eigenvalue weighted by Crippen LogP contribution is -2.23. The van der Waals surface area contributed by atoms with E-state index in [4.69, 9.17) is 0 Å². The smallest absolute Gasteiger partial charge is 0.252 e. The minimum absolute atomic E-state index is 0.0580. The summed E-state index contributed by atoms with van der Waals surface area (Å²) in [6.07, 6.45) is 6.35. The highest BCUT2D eigenvalue weighted by Gasteiger charge is 2.13. The highest BCUT2D eigenvalue weighted by Crippen LogP contribution is 2.24. The van der Waals surface area contributed by atoms with Gasteiger partial charge in [0.15, 0.2) is 0 Å². The molecule has 0 spiro atoms. The van der Waals surface area contributed by atoms with Crippen molar-refractivity contribution < 1.29 is 4.79 Å². The van der Waals surface area contributed by atoms with E-state index in [1.807, 2.05) is 41.2 Å². The standard InChI is InChI=1S/C29H30N4O/c34-29(30-20-23-8-10-24(11-9-23)21-32-17-3-4-18-32)28-7-2-1-6-27(28)26-14-12-25(13-15-26)22-33-19-5-16-31-33/h1-2,5-16,19H,3-4,17-18,20-22H2,(H,30,34).